The first-order valence-corrected chi connectivity index (χ1v) is 9.50. The first-order valence-electron chi connectivity index (χ1n) is 0.257. The molecule has 0 nitrogen and oxygen atoms in total. The van der Waals surface area contributed by atoms with Crippen molar-refractivity contribution in [3.8, 4) is 0 Å². The van der Waals surface area contributed by atoms with E-state index in [1.54, 1.807) is 0 Å². The summed E-state index contributed by atoms with van der Waals surface area (Å²) in [6.45, 7) is 0. The molecule has 0 aromatic carbocycles. The predicted molar refractivity (Wildman–Crippen MR) is 37.0 cm³/mol. The Bertz CT molecular complexity index is 7.61. The van der Waals surface area contributed by atoms with Crippen molar-refractivity contribution in [2.75, 3.05) is 0 Å². The second kappa shape index (κ2) is 26.1. The standard InChI is InChI=1S/2Ag.BrI.HI/c;;1-2;/h;;;1H/q;+1;;/p-1. The van der Waals surface area contributed by atoms with Crippen molar-refractivity contribution in [1.82, 2.24) is 0 Å². The number of hydrogen-bond donors (Lipinski definition) is 0. The third-order valence-corrected chi connectivity index (χ3v) is 0. The van der Waals surface area contributed by atoms with Gasteiger partial charge in [0, 0.05) is 42.7 Å². The van der Waals surface area contributed by atoms with Gasteiger partial charge in [-0.15, -0.1) is 0 Å². The van der Waals surface area contributed by atoms with Crippen molar-refractivity contribution >= 4 is 52.1 Å². The van der Waals surface area contributed by atoms with Crippen LogP contribution in [0.2, 0.25) is 0 Å². The fraction of sp³-hybridized carbons (Fsp3) is 0. The number of rotatable bonds is 0. The molecule has 0 aliphatic carbocycles. The van der Waals surface area contributed by atoms with E-state index in [0.29, 0.717) is 0 Å². The molecule has 0 bridgehead atoms. The fourth-order valence-corrected chi connectivity index (χ4v) is 0. The van der Waals surface area contributed by atoms with Crippen molar-refractivity contribution in [3.63, 3.8) is 0 Å². The van der Waals surface area contributed by atoms with Gasteiger partial charge in [-0.1, -0.05) is 0 Å². The molecule has 0 N–H and O–H groups in total. The molecule has 0 aliphatic rings. The van der Waals surface area contributed by atoms with Crippen molar-refractivity contribution < 1.29 is 39.6 Å². The minimum atomic E-state index is 0. The zero-order valence-electron chi connectivity index (χ0n) is 1.74. The van der Waals surface area contributed by atoms with Crippen LogP contribution in [0, 0.1) is 0 Å². The Balaban J connectivity index is -0.0000000133. The molecular weight excluding hydrogens is 549 g/mol. The van der Waals surface area contributed by atoms with Gasteiger partial charge in [0.15, 0.2) is 0 Å². The van der Waals surface area contributed by atoms with Crippen molar-refractivity contribution in [3.05, 3.63) is 0 Å². The Morgan fingerprint density at radius 1 is 1.20 bits per heavy atom. The molecular formula is Ag2BrI2. The zero-order chi connectivity index (χ0) is 4.00. The maximum absolute atomic E-state index is 2.92. The van der Waals surface area contributed by atoms with Crippen LogP contribution in [0.4, 0.5) is 0 Å². The van der Waals surface area contributed by atoms with E-state index in [1.165, 1.54) is 0 Å². The van der Waals surface area contributed by atoms with Crippen LogP contribution in [-0.4, -0.2) is 0 Å². The first-order chi connectivity index (χ1) is 2.00. The number of halogens is 3. The molecule has 1 radical (unpaired) electrons. The maximum atomic E-state index is 2.92. The summed E-state index contributed by atoms with van der Waals surface area (Å²) >= 11 is 9.75. The van der Waals surface area contributed by atoms with Gasteiger partial charge >= 0.3 is 36.3 Å². The second-order valence-electron chi connectivity index (χ2n) is 0. The van der Waals surface area contributed by atoms with E-state index in [4.69, 9.17) is 0 Å². The van der Waals surface area contributed by atoms with E-state index < -0.39 is 0 Å². The monoisotopic (exact) mass is 547 g/mol. The summed E-state index contributed by atoms with van der Waals surface area (Å²) in [4.78, 5) is 0. The summed E-state index contributed by atoms with van der Waals surface area (Å²) in [5.74, 6) is 0. The average Bonchev–Trinajstić information content (AvgIpc) is 1.50. The van der Waals surface area contributed by atoms with Crippen molar-refractivity contribution in [1.29, 1.82) is 0 Å². The Morgan fingerprint density at radius 2 is 1.20 bits per heavy atom. The molecule has 0 spiro atoms. The van der Waals surface area contributed by atoms with Gasteiger partial charge in [-0.2, -0.15) is 0 Å². The van der Waals surface area contributed by atoms with Gasteiger partial charge in [0.2, 0.25) is 0 Å². The summed E-state index contributed by atoms with van der Waals surface area (Å²) < 4.78 is 0. The third kappa shape index (κ3) is 18.6. The fourth-order valence-electron chi connectivity index (χ4n) is 0. The summed E-state index contributed by atoms with van der Waals surface area (Å²) in [7, 11) is 0. The quantitative estimate of drug-likeness (QED) is 0.322. The van der Waals surface area contributed by atoms with Crippen LogP contribution in [0.25, 0.3) is 0 Å². The van der Waals surface area contributed by atoms with Crippen LogP contribution in [-0.2, 0) is 39.6 Å². The van der Waals surface area contributed by atoms with Crippen LogP contribution >= 0.6 is 52.1 Å². The van der Waals surface area contributed by atoms with Crippen LogP contribution in [0.3, 0.4) is 0 Å². The minimum absolute atomic E-state index is 0. The van der Waals surface area contributed by atoms with E-state index in [-0.39, 0.29) is 22.4 Å². The molecule has 0 heterocycles. The predicted octanol–water partition coefficient (Wildman–Crippen LogP) is 2.61. The Kier molecular flexibility index (Phi) is 82.5. The summed E-state index contributed by atoms with van der Waals surface area (Å²) in [6.07, 6.45) is 0. The Labute approximate surface area is 89.4 Å². The molecule has 43 valence electrons. The van der Waals surface area contributed by atoms with Gasteiger partial charge in [-0.3, -0.25) is 0 Å². The van der Waals surface area contributed by atoms with Crippen LogP contribution < -0.4 is 0 Å². The van der Waals surface area contributed by atoms with E-state index in [0.717, 1.165) is 0 Å². The topological polar surface area (TPSA) is 0 Å². The molecule has 0 aromatic rings. The van der Waals surface area contributed by atoms with Crippen LogP contribution in [0.1, 0.15) is 0 Å². The first kappa shape index (κ1) is 15.8. The molecule has 0 saturated heterocycles. The molecule has 0 atom stereocenters. The summed E-state index contributed by atoms with van der Waals surface area (Å²) in [6, 6.07) is 0. The molecule has 0 aromatic heterocycles. The molecule has 0 amide bonds. The SMILES string of the molecule is BrI.[Ag].[Ag][I]. The number of hydrogen-bond acceptors (Lipinski definition) is 0. The van der Waals surface area contributed by atoms with Crippen LogP contribution in [0.15, 0.2) is 0 Å². The van der Waals surface area contributed by atoms with Gasteiger partial charge in [0.05, 0.1) is 0 Å². The molecule has 5 heteroatoms. The van der Waals surface area contributed by atoms with Crippen LogP contribution in [0.5, 0.6) is 0 Å². The zero-order valence-corrected chi connectivity index (χ0v) is 10.6. The van der Waals surface area contributed by atoms with Gasteiger partial charge < -0.3 is 0 Å². The third-order valence-electron chi connectivity index (χ3n) is 0. The van der Waals surface area contributed by atoms with Gasteiger partial charge in [0.1, 0.15) is 0 Å². The van der Waals surface area contributed by atoms with Gasteiger partial charge in [0.25, 0.3) is 0 Å². The van der Waals surface area contributed by atoms with E-state index in [1.807, 2.05) is 39.4 Å². The Hall–Kier alpha value is 3.42. The van der Waals surface area contributed by atoms with E-state index in [2.05, 4.69) is 29.9 Å². The molecule has 0 unspecified atom stereocenters. The van der Waals surface area contributed by atoms with Gasteiger partial charge in [-0.05, 0) is 12.7 Å². The Morgan fingerprint density at radius 3 is 1.20 bits per heavy atom. The average molecular weight is 549 g/mol. The molecule has 0 fully saturated rings. The summed E-state index contributed by atoms with van der Waals surface area (Å²) in [5, 5.41) is 0. The second-order valence-corrected chi connectivity index (χ2v) is 0. The molecule has 0 aliphatic heterocycles. The van der Waals surface area contributed by atoms with Crippen molar-refractivity contribution in [2.45, 2.75) is 0 Å². The van der Waals surface area contributed by atoms with Crippen molar-refractivity contribution in [2.24, 2.45) is 0 Å². The molecule has 0 rings (SSSR count). The molecule has 5 heavy (non-hydrogen) atoms. The molecule has 0 saturated carbocycles. The normalized spacial score (nSPS) is 2.60. The van der Waals surface area contributed by atoms with E-state index in [9.17, 15) is 0 Å². The van der Waals surface area contributed by atoms with Gasteiger partial charge in [-0.25, -0.2) is 0 Å². The summed E-state index contributed by atoms with van der Waals surface area (Å²) in [5.41, 5.74) is 0. The van der Waals surface area contributed by atoms with E-state index >= 15 is 0 Å².